The van der Waals surface area contributed by atoms with Gasteiger partial charge in [-0.2, -0.15) is 6.57 Å². The third-order valence-electron chi connectivity index (χ3n) is 10.9. The van der Waals surface area contributed by atoms with E-state index in [2.05, 4.69) is 85.9 Å². The largest absolute Gasteiger partial charge is 0.457 e. The van der Waals surface area contributed by atoms with E-state index in [-0.39, 0.29) is 11.5 Å². The van der Waals surface area contributed by atoms with Gasteiger partial charge in [0.25, 0.3) is 0 Å². The van der Waals surface area contributed by atoms with Gasteiger partial charge in [0.1, 0.15) is 17.0 Å². The Morgan fingerprint density at radius 3 is 2.36 bits per heavy atom. The predicted molar refractivity (Wildman–Crippen MR) is 167 cm³/mol. The third kappa shape index (κ3) is 5.19. The van der Waals surface area contributed by atoms with E-state index >= 15 is 0 Å². The van der Waals surface area contributed by atoms with E-state index in [1.165, 1.54) is 56.0 Å². The number of benzene rings is 2. The number of piperidine rings is 2. The van der Waals surface area contributed by atoms with Gasteiger partial charge < -0.3 is 14.2 Å². The molecule has 7 nitrogen and oxygen atoms in total. The van der Waals surface area contributed by atoms with Crippen molar-refractivity contribution in [3.05, 3.63) is 77.5 Å². The fourth-order valence-corrected chi connectivity index (χ4v) is 8.75. The molecule has 42 heavy (non-hydrogen) atoms. The molecule has 3 saturated heterocycles. The van der Waals surface area contributed by atoms with Gasteiger partial charge in [-0.1, -0.05) is 42.5 Å². The Balaban J connectivity index is 1.05. The van der Waals surface area contributed by atoms with Gasteiger partial charge in [0, 0.05) is 31.2 Å². The number of aromatic nitrogens is 2. The van der Waals surface area contributed by atoms with Gasteiger partial charge in [0.15, 0.2) is 0 Å². The van der Waals surface area contributed by atoms with Crippen LogP contribution in [0.25, 0.3) is 16.0 Å². The third-order valence-corrected chi connectivity index (χ3v) is 10.9. The zero-order valence-electron chi connectivity index (χ0n) is 25.0. The second kappa shape index (κ2) is 11.7. The molecule has 1 unspecified atom stereocenters. The Morgan fingerprint density at radius 1 is 0.952 bits per heavy atom. The minimum Gasteiger partial charge on any atom is -0.457 e. The Hall–Kier alpha value is -3.37. The summed E-state index contributed by atoms with van der Waals surface area (Å²) in [6.07, 6.45) is 13.2. The molecule has 3 aliphatic heterocycles. The Labute approximate surface area is 250 Å². The van der Waals surface area contributed by atoms with E-state index in [0.717, 1.165) is 56.7 Å². The molecule has 1 aliphatic carbocycles. The number of aryl methyl sites for hydroxylation is 1. The number of fused-ring (bicyclic) bond motifs is 3. The van der Waals surface area contributed by atoms with Crippen LogP contribution in [0, 0.1) is 13.5 Å². The summed E-state index contributed by atoms with van der Waals surface area (Å²) in [6, 6.07) is 22.2. The number of imidazole rings is 1. The molecule has 0 radical (unpaired) electrons. The smallest absolute Gasteiger partial charge is 0.371 e. The van der Waals surface area contributed by atoms with Crippen LogP contribution in [0.3, 0.4) is 0 Å². The van der Waals surface area contributed by atoms with E-state index in [1.54, 1.807) is 0 Å². The molecule has 0 spiro atoms. The minimum atomic E-state index is 0.141. The lowest BCUT2D eigenvalue weighted by atomic mass is 9.70. The Bertz CT molecular complexity index is 1430. The van der Waals surface area contributed by atoms with E-state index < -0.39 is 0 Å². The normalized spacial score (nSPS) is 26.5. The molecule has 4 fully saturated rings. The van der Waals surface area contributed by atoms with Crippen molar-refractivity contribution in [3.8, 4) is 0 Å². The molecule has 1 saturated carbocycles. The van der Waals surface area contributed by atoms with Crippen molar-refractivity contribution in [3.63, 3.8) is 0 Å². The van der Waals surface area contributed by atoms with Crippen LogP contribution in [0.1, 0.15) is 88.1 Å². The molecule has 1 aromatic heterocycles. The lowest BCUT2D eigenvalue weighted by molar-refractivity contribution is 0.0835. The molecule has 0 N–H and O–H groups in total. The average Bonchev–Trinajstić information content (AvgIpc) is 3.72. The number of likely N-dealkylation sites (tertiary alicyclic amines) is 1. The van der Waals surface area contributed by atoms with Crippen molar-refractivity contribution >= 4 is 17.1 Å². The molecule has 7 rings (SSSR count). The summed E-state index contributed by atoms with van der Waals surface area (Å²) in [7, 11) is 0. The van der Waals surface area contributed by atoms with Crippen LogP contribution >= 0.6 is 0 Å². The molecular formula is C35H44N6O. The Kier molecular flexibility index (Phi) is 7.66. The van der Waals surface area contributed by atoms with Crippen molar-refractivity contribution in [2.45, 2.75) is 107 Å². The molecular weight excluding hydrogens is 520 g/mol. The van der Waals surface area contributed by atoms with Crippen LogP contribution in [0.15, 0.2) is 59.7 Å². The molecule has 2 bridgehead atoms. The summed E-state index contributed by atoms with van der Waals surface area (Å²) < 4.78 is 8.82. The van der Waals surface area contributed by atoms with Crippen LogP contribution in [0.5, 0.6) is 0 Å². The minimum absolute atomic E-state index is 0.141. The fraction of sp³-hybridized carbons (Fsp3) is 0.571. The van der Waals surface area contributed by atoms with Crippen molar-refractivity contribution in [2.24, 2.45) is 5.10 Å². The SMILES string of the molecule is [C-]#[N+]N=C(OC1CCCC1)N1CCC(CCN2[C@@H]3CC[C@H]2CC(n2c(C)nc4ccccc42)C3)(c2ccccc2)CC1. The topological polar surface area (TPSA) is 50.2 Å². The molecule has 7 heteroatoms. The van der Waals surface area contributed by atoms with Gasteiger partial charge in [-0.25, -0.2) is 4.98 Å². The molecule has 4 aliphatic rings. The highest BCUT2D eigenvalue weighted by Crippen LogP contribution is 2.45. The van der Waals surface area contributed by atoms with E-state index in [1.807, 2.05) is 0 Å². The van der Waals surface area contributed by atoms with Gasteiger partial charge in [-0.05, 0) is 107 Å². The highest BCUT2D eigenvalue weighted by Gasteiger charge is 2.44. The molecule has 0 amide bonds. The van der Waals surface area contributed by atoms with Crippen LogP contribution in [0.2, 0.25) is 0 Å². The summed E-state index contributed by atoms with van der Waals surface area (Å²) in [5.74, 6) is 1.15. The van der Waals surface area contributed by atoms with Gasteiger partial charge in [-0.15, -0.1) is 4.95 Å². The number of ether oxygens (including phenoxy) is 1. The first kappa shape index (κ1) is 27.5. The van der Waals surface area contributed by atoms with Crippen LogP contribution < -0.4 is 0 Å². The number of amidine groups is 1. The van der Waals surface area contributed by atoms with E-state index in [4.69, 9.17) is 16.3 Å². The molecule has 3 atom stereocenters. The number of nitrogens with zero attached hydrogens (tertiary/aromatic N) is 6. The van der Waals surface area contributed by atoms with Gasteiger partial charge in [-0.3, -0.25) is 4.90 Å². The van der Waals surface area contributed by atoms with Crippen LogP contribution in [0.4, 0.5) is 0 Å². The average molecular weight is 565 g/mol. The number of para-hydroxylation sites is 2. The first-order valence-corrected chi connectivity index (χ1v) is 16.2. The second-order valence-corrected chi connectivity index (χ2v) is 13.2. The molecule has 2 aromatic carbocycles. The zero-order chi connectivity index (χ0) is 28.5. The lowest BCUT2D eigenvalue weighted by Gasteiger charge is -2.45. The zero-order valence-corrected chi connectivity index (χ0v) is 25.0. The number of rotatable bonds is 6. The standard InChI is InChI=1S/C35H44N6O/c1-26-37-32-14-8-9-15-33(32)41(26)30-24-28-16-17-29(25-30)40(28)23-20-35(27-10-4-3-5-11-27)18-21-39(22-19-35)34(38-36-2)42-31-12-6-7-13-31/h3-5,8-11,14-15,28-31H,6-7,12-13,16-25H2,1H3/t28-,29+,30?. The monoisotopic (exact) mass is 564 g/mol. The van der Waals surface area contributed by atoms with Crippen molar-refractivity contribution in [1.29, 1.82) is 0 Å². The first-order valence-electron chi connectivity index (χ1n) is 16.2. The molecule has 4 heterocycles. The quantitative estimate of drug-likeness (QED) is 0.139. The lowest BCUT2D eigenvalue weighted by Crippen LogP contribution is -2.49. The van der Waals surface area contributed by atoms with Gasteiger partial charge in [0.2, 0.25) is 0 Å². The molecule has 220 valence electrons. The van der Waals surface area contributed by atoms with Crippen molar-refractivity contribution in [2.75, 3.05) is 19.6 Å². The van der Waals surface area contributed by atoms with Crippen molar-refractivity contribution in [1.82, 2.24) is 19.4 Å². The summed E-state index contributed by atoms with van der Waals surface area (Å²) in [4.78, 5) is 13.4. The number of hydrogen-bond donors (Lipinski definition) is 0. The summed E-state index contributed by atoms with van der Waals surface area (Å²) in [5.41, 5.74) is 4.02. The summed E-state index contributed by atoms with van der Waals surface area (Å²) in [6.45, 7) is 12.5. The maximum atomic E-state index is 7.39. The maximum absolute atomic E-state index is 7.39. The second-order valence-electron chi connectivity index (χ2n) is 13.2. The van der Waals surface area contributed by atoms with Crippen LogP contribution in [-0.4, -0.2) is 63.2 Å². The maximum Gasteiger partial charge on any atom is 0.371 e. The van der Waals surface area contributed by atoms with Gasteiger partial charge in [0.05, 0.1) is 11.0 Å². The predicted octanol–water partition coefficient (Wildman–Crippen LogP) is 7.09. The summed E-state index contributed by atoms with van der Waals surface area (Å²) >= 11 is 0. The highest BCUT2D eigenvalue weighted by molar-refractivity contribution is 5.76. The first-order chi connectivity index (χ1) is 20.6. The van der Waals surface area contributed by atoms with E-state index in [0.29, 0.717) is 24.1 Å². The fourth-order valence-electron chi connectivity index (χ4n) is 8.75. The highest BCUT2D eigenvalue weighted by atomic mass is 16.5. The van der Waals surface area contributed by atoms with Crippen LogP contribution in [-0.2, 0) is 10.2 Å². The van der Waals surface area contributed by atoms with E-state index in [9.17, 15) is 0 Å². The Morgan fingerprint density at radius 2 is 1.64 bits per heavy atom. The molecule has 3 aromatic rings. The summed E-state index contributed by atoms with van der Waals surface area (Å²) in [5, 5.41) is 4.13. The van der Waals surface area contributed by atoms with Gasteiger partial charge >= 0.3 is 6.02 Å². The van der Waals surface area contributed by atoms with Crippen molar-refractivity contribution < 1.29 is 4.74 Å². The number of hydrogen-bond acceptors (Lipinski definition) is 4.